The van der Waals surface area contributed by atoms with Gasteiger partial charge < -0.3 is 20.1 Å². The number of rotatable bonds is 5. The van der Waals surface area contributed by atoms with Gasteiger partial charge in [0, 0.05) is 22.9 Å². The monoisotopic (exact) mass is 447 g/mol. The maximum Gasteiger partial charge on any atom is 0.343 e. The van der Waals surface area contributed by atoms with Gasteiger partial charge >= 0.3 is 5.97 Å². The van der Waals surface area contributed by atoms with Crippen molar-refractivity contribution in [2.45, 2.75) is 58.3 Å². The number of nitrogens with two attached hydrogens (primary N) is 1. The number of benzene rings is 1. The molecule has 3 aromatic rings. The fourth-order valence-corrected chi connectivity index (χ4v) is 5.04. The third-order valence-corrected chi connectivity index (χ3v) is 6.88. The summed E-state index contributed by atoms with van der Waals surface area (Å²) < 4.78 is 6.79. The normalized spacial score (nSPS) is 18.6. The van der Waals surface area contributed by atoms with Crippen LogP contribution in [0.2, 0.25) is 0 Å². The van der Waals surface area contributed by atoms with Crippen LogP contribution in [-0.4, -0.2) is 26.5 Å². The van der Waals surface area contributed by atoms with E-state index in [0.29, 0.717) is 35.5 Å². The molecular formula is C25H25N3O5. The van der Waals surface area contributed by atoms with Gasteiger partial charge in [-0.3, -0.25) is 9.59 Å². The molecular weight excluding hydrogens is 422 g/mol. The SMILES string of the molecule is CCc1c2c(nc3ccc(CCC(N)=O)cc13)-c1cc3c(c(=O)n1C2)COC(=O)[C@]3(O)CC. The zero-order chi connectivity index (χ0) is 23.5. The molecule has 170 valence electrons. The van der Waals surface area contributed by atoms with Crippen molar-refractivity contribution in [3.8, 4) is 11.4 Å². The highest BCUT2D eigenvalue weighted by molar-refractivity contribution is 5.89. The van der Waals surface area contributed by atoms with Crippen LogP contribution in [0, 0.1) is 0 Å². The summed E-state index contributed by atoms with van der Waals surface area (Å²) in [6.45, 7) is 3.97. The number of primary amides is 1. The molecule has 1 aromatic carbocycles. The van der Waals surface area contributed by atoms with Crippen molar-refractivity contribution in [1.82, 2.24) is 9.55 Å². The number of nitrogens with zero attached hydrogens (tertiary/aromatic N) is 2. The van der Waals surface area contributed by atoms with Crippen molar-refractivity contribution in [3.05, 3.63) is 62.4 Å². The van der Waals surface area contributed by atoms with Gasteiger partial charge in [-0.05, 0) is 48.6 Å². The van der Waals surface area contributed by atoms with Crippen LogP contribution >= 0.6 is 0 Å². The number of pyridine rings is 2. The number of carbonyl (C=O) groups excluding carboxylic acids is 2. The number of esters is 1. The average molecular weight is 447 g/mol. The third-order valence-electron chi connectivity index (χ3n) is 6.88. The largest absolute Gasteiger partial charge is 0.458 e. The number of aryl methyl sites for hydroxylation is 2. The Morgan fingerprint density at radius 2 is 2.03 bits per heavy atom. The molecule has 2 aliphatic heterocycles. The smallest absolute Gasteiger partial charge is 0.343 e. The summed E-state index contributed by atoms with van der Waals surface area (Å²) in [5.41, 5.74) is 8.96. The number of amides is 1. The lowest BCUT2D eigenvalue weighted by atomic mass is 9.86. The zero-order valence-electron chi connectivity index (χ0n) is 18.6. The van der Waals surface area contributed by atoms with Crippen molar-refractivity contribution in [1.29, 1.82) is 0 Å². The first kappa shape index (κ1) is 21.3. The fraction of sp³-hybridized carbons (Fsp3) is 0.360. The molecule has 3 N–H and O–H groups in total. The Balaban J connectivity index is 1.71. The molecule has 0 radical (unpaired) electrons. The summed E-state index contributed by atoms with van der Waals surface area (Å²) in [6, 6.07) is 7.63. The Hall–Kier alpha value is -3.52. The van der Waals surface area contributed by atoms with Crippen LogP contribution < -0.4 is 11.3 Å². The molecule has 8 nitrogen and oxygen atoms in total. The number of aromatic nitrogens is 2. The van der Waals surface area contributed by atoms with Crippen LogP contribution in [0.1, 0.15) is 54.5 Å². The number of hydrogen-bond acceptors (Lipinski definition) is 6. The Labute approximate surface area is 190 Å². The number of carbonyl (C=O) groups is 2. The second-order valence-corrected chi connectivity index (χ2v) is 8.69. The molecule has 2 aromatic heterocycles. The number of cyclic esters (lactones) is 1. The molecule has 0 fully saturated rings. The van der Waals surface area contributed by atoms with Gasteiger partial charge in [0.15, 0.2) is 5.60 Å². The maximum atomic E-state index is 13.4. The predicted molar refractivity (Wildman–Crippen MR) is 121 cm³/mol. The number of hydrogen-bond donors (Lipinski definition) is 2. The van der Waals surface area contributed by atoms with Gasteiger partial charge in [0.05, 0.1) is 29.0 Å². The first-order valence-corrected chi connectivity index (χ1v) is 11.2. The van der Waals surface area contributed by atoms with Crippen molar-refractivity contribution in [2.75, 3.05) is 0 Å². The molecule has 1 amide bonds. The molecule has 4 heterocycles. The first-order chi connectivity index (χ1) is 15.8. The van der Waals surface area contributed by atoms with Crippen molar-refractivity contribution >= 4 is 22.8 Å². The van der Waals surface area contributed by atoms with Gasteiger partial charge in [-0.25, -0.2) is 9.78 Å². The van der Waals surface area contributed by atoms with E-state index in [0.717, 1.165) is 34.0 Å². The summed E-state index contributed by atoms with van der Waals surface area (Å²) >= 11 is 0. The molecule has 33 heavy (non-hydrogen) atoms. The van der Waals surface area contributed by atoms with Crippen LogP contribution in [0.4, 0.5) is 0 Å². The number of fused-ring (bicyclic) bond motifs is 5. The molecule has 2 aliphatic rings. The van der Waals surface area contributed by atoms with Crippen LogP contribution in [-0.2, 0) is 45.9 Å². The summed E-state index contributed by atoms with van der Waals surface area (Å²) in [4.78, 5) is 41.8. The topological polar surface area (TPSA) is 125 Å². The van der Waals surface area contributed by atoms with Crippen LogP contribution in [0.25, 0.3) is 22.3 Å². The van der Waals surface area contributed by atoms with E-state index >= 15 is 0 Å². The van der Waals surface area contributed by atoms with Gasteiger partial charge in [-0.2, -0.15) is 0 Å². The summed E-state index contributed by atoms with van der Waals surface area (Å²) in [5.74, 6) is -1.07. The number of ether oxygens (including phenoxy) is 1. The average Bonchev–Trinajstić information content (AvgIpc) is 3.17. The zero-order valence-corrected chi connectivity index (χ0v) is 18.6. The van der Waals surface area contributed by atoms with E-state index in [-0.39, 0.29) is 30.9 Å². The lowest BCUT2D eigenvalue weighted by Crippen LogP contribution is -2.44. The van der Waals surface area contributed by atoms with E-state index in [1.807, 2.05) is 18.2 Å². The third kappa shape index (κ3) is 3.08. The molecule has 5 rings (SSSR count). The summed E-state index contributed by atoms with van der Waals surface area (Å²) in [7, 11) is 0. The molecule has 0 spiro atoms. The van der Waals surface area contributed by atoms with Crippen molar-refractivity contribution in [3.63, 3.8) is 0 Å². The minimum absolute atomic E-state index is 0.105. The van der Waals surface area contributed by atoms with Crippen LogP contribution in [0.5, 0.6) is 0 Å². The van der Waals surface area contributed by atoms with Crippen molar-refractivity contribution in [2.24, 2.45) is 5.73 Å². The molecule has 8 heteroatoms. The number of aliphatic hydroxyl groups is 1. The lowest BCUT2D eigenvalue weighted by molar-refractivity contribution is -0.172. The Morgan fingerprint density at radius 3 is 2.73 bits per heavy atom. The Morgan fingerprint density at radius 1 is 1.24 bits per heavy atom. The standard InChI is InChI=1S/C25H25N3O5/c1-3-14-15-9-13(6-8-21(26)29)5-7-19(15)27-22-16(14)11-28-20(22)10-18-17(23(28)30)12-33-24(31)25(18,32)4-2/h5,7,9-10,32H,3-4,6,8,11-12H2,1-2H3,(H2,26,29)/t25-/m0/s1. The maximum absolute atomic E-state index is 13.4. The van der Waals surface area contributed by atoms with Crippen LogP contribution in [0.15, 0.2) is 29.1 Å². The Bertz CT molecular complexity index is 1410. The second kappa shape index (κ2) is 7.52. The molecule has 0 bridgehead atoms. The van der Waals surface area contributed by atoms with E-state index < -0.39 is 11.6 Å². The molecule has 0 aliphatic carbocycles. The van der Waals surface area contributed by atoms with Gasteiger partial charge in [0.25, 0.3) is 5.56 Å². The molecule has 0 saturated heterocycles. The highest BCUT2D eigenvalue weighted by Crippen LogP contribution is 2.40. The predicted octanol–water partition coefficient (Wildman–Crippen LogP) is 2.06. The Kier molecular flexibility index (Phi) is 4.86. The fourth-order valence-electron chi connectivity index (χ4n) is 5.04. The minimum atomic E-state index is -1.84. The highest BCUT2D eigenvalue weighted by atomic mass is 16.6. The van der Waals surface area contributed by atoms with E-state index in [1.165, 1.54) is 0 Å². The van der Waals surface area contributed by atoms with Crippen molar-refractivity contribution < 1.29 is 19.4 Å². The van der Waals surface area contributed by atoms with Crippen LogP contribution in [0.3, 0.4) is 0 Å². The lowest BCUT2D eigenvalue weighted by Gasteiger charge is -2.31. The highest BCUT2D eigenvalue weighted by Gasteiger charge is 2.45. The van der Waals surface area contributed by atoms with Gasteiger partial charge in [-0.1, -0.05) is 19.9 Å². The van der Waals surface area contributed by atoms with E-state index in [9.17, 15) is 19.5 Å². The van der Waals surface area contributed by atoms with E-state index in [2.05, 4.69) is 6.92 Å². The van der Waals surface area contributed by atoms with E-state index in [4.69, 9.17) is 15.5 Å². The van der Waals surface area contributed by atoms with Gasteiger partial charge in [0.2, 0.25) is 5.91 Å². The summed E-state index contributed by atoms with van der Waals surface area (Å²) in [6.07, 6.45) is 1.68. The van der Waals surface area contributed by atoms with Gasteiger partial charge in [-0.15, -0.1) is 0 Å². The second-order valence-electron chi connectivity index (χ2n) is 8.69. The molecule has 0 saturated carbocycles. The molecule has 0 unspecified atom stereocenters. The first-order valence-electron chi connectivity index (χ1n) is 11.2. The molecule has 1 atom stereocenters. The minimum Gasteiger partial charge on any atom is -0.458 e. The quantitative estimate of drug-likeness (QED) is 0.451. The van der Waals surface area contributed by atoms with E-state index in [1.54, 1.807) is 17.6 Å². The van der Waals surface area contributed by atoms with Gasteiger partial charge in [0.1, 0.15) is 6.61 Å². The summed E-state index contributed by atoms with van der Waals surface area (Å²) in [5, 5.41) is 12.0.